The Morgan fingerprint density at radius 2 is 1.95 bits per heavy atom. The Morgan fingerprint density at radius 3 is 2.47 bits per heavy atom. The van der Waals surface area contributed by atoms with Crippen LogP contribution in [0.15, 0.2) is 8.83 Å². The van der Waals surface area contributed by atoms with Crippen LogP contribution >= 0.6 is 0 Å². The molecule has 6 heteroatoms. The van der Waals surface area contributed by atoms with Crippen molar-refractivity contribution in [3.8, 4) is 11.5 Å². The van der Waals surface area contributed by atoms with Gasteiger partial charge in [0.25, 0.3) is 0 Å². The number of ether oxygens (including phenoxy) is 1. The number of nitrogen functional groups attached to an aromatic ring is 1. The minimum absolute atomic E-state index is 0.00509. The molecule has 0 unspecified atom stereocenters. The van der Waals surface area contributed by atoms with Crippen LogP contribution in [0.2, 0.25) is 0 Å². The van der Waals surface area contributed by atoms with Crippen molar-refractivity contribution in [3.63, 3.8) is 0 Å². The average Bonchev–Trinajstić information content (AvgIpc) is 2.81. The van der Waals surface area contributed by atoms with Crippen molar-refractivity contribution in [3.05, 3.63) is 22.8 Å². The average molecular weight is 264 g/mol. The lowest BCUT2D eigenvalue weighted by Crippen LogP contribution is -2.07. The first-order valence-electron chi connectivity index (χ1n) is 5.96. The first-order chi connectivity index (χ1) is 8.95. The summed E-state index contributed by atoms with van der Waals surface area (Å²) < 4.78 is 15.7. The van der Waals surface area contributed by atoms with Gasteiger partial charge in [0.05, 0.1) is 12.2 Å². The molecular weight excluding hydrogens is 248 g/mol. The first kappa shape index (κ1) is 13.2. The zero-order valence-corrected chi connectivity index (χ0v) is 11.4. The van der Waals surface area contributed by atoms with Gasteiger partial charge in [0, 0.05) is 5.56 Å². The van der Waals surface area contributed by atoms with Crippen molar-refractivity contribution in [2.24, 2.45) is 0 Å². The Kier molecular flexibility index (Phi) is 3.33. The van der Waals surface area contributed by atoms with Crippen LogP contribution < -0.4 is 5.73 Å². The van der Waals surface area contributed by atoms with Gasteiger partial charge in [0.2, 0.25) is 17.5 Å². The van der Waals surface area contributed by atoms with E-state index in [1.54, 1.807) is 13.8 Å². The topological polar surface area (TPSA) is 91.5 Å². The number of carbonyl (C=O) groups is 1. The zero-order valence-electron chi connectivity index (χ0n) is 11.4. The van der Waals surface area contributed by atoms with Crippen molar-refractivity contribution < 1.29 is 18.4 Å². The maximum atomic E-state index is 11.6. The van der Waals surface area contributed by atoms with Gasteiger partial charge in [0.15, 0.2) is 0 Å². The molecule has 2 rings (SSSR count). The molecule has 0 radical (unpaired) electrons. The van der Waals surface area contributed by atoms with E-state index in [9.17, 15) is 4.79 Å². The number of aromatic nitrogens is 1. The van der Waals surface area contributed by atoms with Crippen molar-refractivity contribution >= 4 is 11.9 Å². The third-order valence-electron chi connectivity index (χ3n) is 2.90. The molecule has 2 N–H and O–H groups in total. The molecule has 2 heterocycles. The quantitative estimate of drug-likeness (QED) is 0.857. The normalized spacial score (nSPS) is 10.7. The van der Waals surface area contributed by atoms with Crippen LogP contribution in [0, 0.1) is 20.8 Å². The van der Waals surface area contributed by atoms with Crippen molar-refractivity contribution in [2.75, 3.05) is 12.3 Å². The van der Waals surface area contributed by atoms with E-state index in [1.165, 1.54) is 0 Å². The van der Waals surface area contributed by atoms with Crippen LogP contribution in [0.4, 0.5) is 5.88 Å². The molecule has 6 nitrogen and oxygen atoms in total. The van der Waals surface area contributed by atoms with Crippen molar-refractivity contribution in [1.29, 1.82) is 0 Å². The van der Waals surface area contributed by atoms with Crippen LogP contribution in [-0.4, -0.2) is 17.6 Å². The number of hydrogen-bond acceptors (Lipinski definition) is 6. The second-order valence-corrected chi connectivity index (χ2v) is 4.17. The standard InChI is InChI=1S/C13H16N2O4/c1-5-17-13(16)10-11(14)19-12(15-10)9-6(2)7(3)18-8(9)4/h5,14H2,1-4H3. The summed E-state index contributed by atoms with van der Waals surface area (Å²) in [4.78, 5) is 15.7. The molecule has 0 aliphatic carbocycles. The number of rotatable bonds is 3. The molecule has 19 heavy (non-hydrogen) atoms. The summed E-state index contributed by atoms with van der Waals surface area (Å²) in [5.74, 6) is 1.08. The highest BCUT2D eigenvalue weighted by atomic mass is 16.5. The van der Waals surface area contributed by atoms with E-state index in [4.69, 9.17) is 19.3 Å². The minimum atomic E-state index is -0.592. The number of esters is 1. The Bertz CT molecular complexity index is 625. The van der Waals surface area contributed by atoms with Gasteiger partial charge in [-0.2, -0.15) is 4.98 Å². The van der Waals surface area contributed by atoms with E-state index in [2.05, 4.69) is 4.98 Å². The fourth-order valence-electron chi connectivity index (χ4n) is 1.89. The van der Waals surface area contributed by atoms with E-state index in [0.717, 1.165) is 16.9 Å². The molecule has 2 aromatic rings. The molecule has 0 bridgehead atoms. The summed E-state index contributed by atoms with van der Waals surface area (Å²) in [5.41, 5.74) is 7.28. The molecule has 0 saturated heterocycles. The molecular formula is C13H16N2O4. The lowest BCUT2D eigenvalue weighted by molar-refractivity contribution is 0.0521. The summed E-state index contributed by atoms with van der Waals surface area (Å²) in [5, 5.41) is 0. The highest BCUT2D eigenvalue weighted by molar-refractivity contribution is 5.92. The lowest BCUT2D eigenvalue weighted by Gasteiger charge is -1.96. The van der Waals surface area contributed by atoms with Gasteiger partial charge in [-0.05, 0) is 27.7 Å². The molecule has 102 valence electrons. The highest BCUT2D eigenvalue weighted by Gasteiger charge is 2.24. The van der Waals surface area contributed by atoms with E-state index in [0.29, 0.717) is 5.76 Å². The second-order valence-electron chi connectivity index (χ2n) is 4.17. The van der Waals surface area contributed by atoms with Crippen LogP contribution in [-0.2, 0) is 4.74 Å². The number of nitrogens with two attached hydrogens (primary N) is 1. The van der Waals surface area contributed by atoms with Gasteiger partial charge in [-0.25, -0.2) is 4.79 Å². The van der Waals surface area contributed by atoms with E-state index < -0.39 is 5.97 Å². The molecule has 2 aromatic heterocycles. The Labute approximate surface area is 110 Å². The fraction of sp³-hybridized carbons (Fsp3) is 0.385. The third kappa shape index (κ3) is 2.21. The molecule has 0 spiro atoms. The van der Waals surface area contributed by atoms with Gasteiger partial charge in [-0.15, -0.1) is 0 Å². The van der Waals surface area contributed by atoms with Crippen LogP contribution in [0.1, 0.15) is 34.5 Å². The number of carbonyl (C=O) groups excluding carboxylic acids is 1. The smallest absolute Gasteiger partial charge is 0.362 e. The highest BCUT2D eigenvalue weighted by Crippen LogP contribution is 2.32. The fourth-order valence-corrected chi connectivity index (χ4v) is 1.89. The monoisotopic (exact) mass is 264 g/mol. The molecule has 0 saturated carbocycles. The van der Waals surface area contributed by atoms with E-state index >= 15 is 0 Å². The predicted molar refractivity (Wildman–Crippen MR) is 68.8 cm³/mol. The number of aryl methyl sites for hydroxylation is 2. The van der Waals surface area contributed by atoms with E-state index in [1.807, 2.05) is 13.8 Å². The molecule has 0 aliphatic heterocycles. The largest absolute Gasteiger partial charge is 0.466 e. The minimum Gasteiger partial charge on any atom is -0.466 e. The van der Waals surface area contributed by atoms with Crippen LogP contribution in [0.25, 0.3) is 11.5 Å². The number of furan rings is 1. The predicted octanol–water partition coefficient (Wildman–Crippen LogP) is 2.62. The maximum Gasteiger partial charge on any atom is 0.362 e. The molecule has 0 aromatic carbocycles. The Balaban J connectivity index is 2.48. The van der Waals surface area contributed by atoms with Crippen LogP contribution in [0.5, 0.6) is 0 Å². The summed E-state index contributed by atoms with van der Waals surface area (Å²) in [6, 6.07) is 0. The molecule has 0 atom stereocenters. The van der Waals surface area contributed by atoms with Gasteiger partial charge >= 0.3 is 5.97 Å². The van der Waals surface area contributed by atoms with Crippen LogP contribution in [0.3, 0.4) is 0 Å². The first-order valence-corrected chi connectivity index (χ1v) is 5.96. The number of anilines is 1. The third-order valence-corrected chi connectivity index (χ3v) is 2.90. The lowest BCUT2D eigenvalue weighted by atomic mass is 10.1. The Hall–Kier alpha value is -2.24. The summed E-state index contributed by atoms with van der Waals surface area (Å²) in [6.07, 6.45) is 0. The van der Waals surface area contributed by atoms with Gasteiger partial charge in [0.1, 0.15) is 11.5 Å². The number of nitrogens with zero attached hydrogens (tertiary/aromatic N) is 1. The van der Waals surface area contributed by atoms with Gasteiger partial charge in [-0.1, -0.05) is 0 Å². The van der Waals surface area contributed by atoms with Crippen molar-refractivity contribution in [1.82, 2.24) is 4.98 Å². The van der Waals surface area contributed by atoms with Crippen molar-refractivity contribution in [2.45, 2.75) is 27.7 Å². The number of hydrogen-bond donors (Lipinski definition) is 1. The molecule has 0 amide bonds. The molecule has 0 aliphatic rings. The molecule has 0 fully saturated rings. The SMILES string of the molecule is CCOC(=O)c1nc(-c2c(C)oc(C)c2C)oc1N. The second kappa shape index (κ2) is 4.79. The van der Waals surface area contributed by atoms with Gasteiger partial charge < -0.3 is 19.3 Å². The number of oxazole rings is 1. The van der Waals surface area contributed by atoms with Gasteiger partial charge in [-0.3, -0.25) is 0 Å². The Morgan fingerprint density at radius 1 is 1.26 bits per heavy atom. The maximum absolute atomic E-state index is 11.6. The zero-order chi connectivity index (χ0) is 14.2. The summed E-state index contributed by atoms with van der Waals surface area (Å²) in [6.45, 7) is 7.52. The summed E-state index contributed by atoms with van der Waals surface area (Å²) in [7, 11) is 0. The summed E-state index contributed by atoms with van der Waals surface area (Å²) >= 11 is 0. The van der Waals surface area contributed by atoms with E-state index in [-0.39, 0.29) is 24.1 Å².